The Bertz CT molecular complexity index is 235. The minimum Gasteiger partial charge on any atom is -0.478 e. The molecular weight excluding hydrogens is 238 g/mol. The van der Waals surface area contributed by atoms with Gasteiger partial charge >= 0.3 is 5.97 Å². The fourth-order valence-corrected chi connectivity index (χ4v) is 1.60. The average molecular weight is 271 g/mol. The van der Waals surface area contributed by atoms with Crippen molar-refractivity contribution >= 4 is 5.97 Å². The van der Waals surface area contributed by atoms with Gasteiger partial charge in [0.25, 0.3) is 0 Å². The Labute approximate surface area is 119 Å². The van der Waals surface area contributed by atoms with Crippen LogP contribution in [0, 0.1) is 0 Å². The third-order valence-electron chi connectivity index (χ3n) is 2.81. The van der Waals surface area contributed by atoms with Crippen molar-refractivity contribution in [3.8, 4) is 0 Å². The fraction of sp³-hybridized carbons (Fsp3) is 0.812. The van der Waals surface area contributed by atoms with Crippen molar-refractivity contribution in [2.45, 2.75) is 65.7 Å². The van der Waals surface area contributed by atoms with Gasteiger partial charge in [-0.3, -0.25) is 0 Å². The van der Waals surface area contributed by atoms with Crippen LogP contribution in [0.4, 0.5) is 0 Å². The van der Waals surface area contributed by atoms with Crippen LogP contribution in [0.2, 0.25) is 0 Å². The molecule has 0 bridgehead atoms. The molecule has 0 aromatic carbocycles. The van der Waals surface area contributed by atoms with Gasteiger partial charge in [-0.25, -0.2) is 4.79 Å². The van der Waals surface area contributed by atoms with Gasteiger partial charge in [-0.2, -0.15) is 0 Å². The second-order valence-electron chi connectivity index (χ2n) is 5.17. The van der Waals surface area contributed by atoms with Crippen LogP contribution in [0.15, 0.2) is 11.6 Å². The number of carboxylic acids is 1. The maximum absolute atomic E-state index is 10.0. The number of carbonyl (C=O) groups is 1. The lowest BCUT2D eigenvalue weighted by molar-refractivity contribution is -0.132. The van der Waals surface area contributed by atoms with Crippen LogP contribution < -0.4 is 0 Å². The number of aliphatic carboxylic acids is 1. The predicted octanol–water partition coefficient (Wildman–Crippen LogP) is 4.34. The lowest BCUT2D eigenvalue weighted by atomic mass is 10.1. The topological polar surface area (TPSA) is 40.5 Å². The molecule has 0 rings (SSSR count). The fourth-order valence-electron chi connectivity index (χ4n) is 1.60. The van der Waals surface area contributed by atoms with Gasteiger partial charge in [-0.15, -0.1) is 0 Å². The van der Waals surface area contributed by atoms with E-state index in [2.05, 4.69) is 25.9 Å². The Balaban J connectivity index is 0. The zero-order chi connectivity index (χ0) is 15.1. The number of hydrogen-bond acceptors (Lipinski definition) is 2. The maximum atomic E-state index is 10.0. The number of nitrogens with zero attached hydrogens (tertiary/aromatic N) is 1. The van der Waals surface area contributed by atoms with Gasteiger partial charge < -0.3 is 10.0 Å². The number of unbranched alkanes of at least 4 members (excludes halogenated alkanes) is 5. The summed E-state index contributed by atoms with van der Waals surface area (Å²) in [7, 11) is 4.29. The average Bonchev–Trinajstić information content (AvgIpc) is 2.34. The Morgan fingerprint density at radius 2 is 1.58 bits per heavy atom. The van der Waals surface area contributed by atoms with Crippen LogP contribution >= 0.6 is 0 Å². The molecule has 19 heavy (non-hydrogen) atoms. The molecule has 0 aliphatic rings. The minimum absolute atomic E-state index is 0.424. The van der Waals surface area contributed by atoms with Crippen LogP contribution in [0.25, 0.3) is 0 Å². The zero-order valence-corrected chi connectivity index (χ0v) is 13.5. The second kappa shape index (κ2) is 15.2. The summed E-state index contributed by atoms with van der Waals surface area (Å²) in [4.78, 5) is 12.3. The normalized spacial score (nSPS) is 11.2. The van der Waals surface area contributed by atoms with Gasteiger partial charge in [0.1, 0.15) is 0 Å². The molecule has 0 radical (unpaired) electrons. The summed E-state index contributed by atoms with van der Waals surface area (Å²) in [5, 5.41) is 8.24. The summed E-state index contributed by atoms with van der Waals surface area (Å²) in [6, 6.07) is 0. The van der Waals surface area contributed by atoms with Gasteiger partial charge in [0.05, 0.1) is 0 Å². The van der Waals surface area contributed by atoms with Crippen LogP contribution in [0.1, 0.15) is 65.7 Å². The highest BCUT2D eigenvalue weighted by Gasteiger charge is 1.95. The van der Waals surface area contributed by atoms with E-state index < -0.39 is 5.97 Å². The molecule has 0 aromatic rings. The standard InChI is InChI=1S/C10H23N.C6H10O2/c1-4-5-6-7-8-9-10-11(2)3;1-3-4-5(2)6(7)8/h4-10H2,1-3H3;4H,3H2,1-2H3,(H,7,8). The predicted molar refractivity (Wildman–Crippen MR) is 83.6 cm³/mol. The van der Waals surface area contributed by atoms with E-state index in [1.54, 1.807) is 13.0 Å². The molecule has 0 unspecified atom stereocenters. The lowest BCUT2D eigenvalue weighted by Gasteiger charge is -2.08. The summed E-state index contributed by atoms with van der Waals surface area (Å²) in [6.07, 6.45) is 10.9. The molecule has 3 heteroatoms. The molecule has 0 atom stereocenters. The molecule has 0 heterocycles. The van der Waals surface area contributed by atoms with Crippen molar-refractivity contribution in [2.75, 3.05) is 20.6 Å². The highest BCUT2D eigenvalue weighted by Crippen LogP contribution is 2.04. The molecule has 0 spiro atoms. The second-order valence-corrected chi connectivity index (χ2v) is 5.17. The number of carboxylic acid groups (broad SMARTS) is 1. The maximum Gasteiger partial charge on any atom is 0.330 e. The van der Waals surface area contributed by atoms with E-state index in [9.17, 15) is 4.79 Å². The number of hydrogen-bond donors (Lipinski definition) is 1. The Hall–Kier alpha value is -0.830. The van der Waals surface area contributed by atoms with Crippen LogP contribution in [0.5, 0.6) is 0 Å². The Kier molecular flexibility index (Phi) is 16.4. The van der Waals surface area contributed by atoms with Gasteiger partial charge in [-0.05, 0) is 40.4 Å². The van der Waals surface area contributed by atoms with E-state index in [0.29, 0.717) is 5.57 Å². The van der Waals surface area contributed by atoms with Gasteiger partial charge in [0, 0.05) is 5.57 Å². The van der Waals surface area contributed by atoms with Crippen LogP contribution in [0.3, 0.4) is 0 Å². The summed E-state index contributed by atoms with van der Waals surface area (Å²) in [5.74, 6) is -0.827. The van der Waals surface area contributed by atoms with Crippen molar-refractivity contribution in [1.29, 1.82) is 0 Å². The van der Waals surface area contributed by atoms with Gasteiger partial charge in [-0.1, -0.05) is 52.0 Å². The van der Waals surface area contributed by atoms with E-state index in [4.69, 9.17) is 5.11 Å². The summed E-state index contributed by atoms with van der Waals surface area (Å²) in [6.45, 7) is 7.02. The third kappa shape index (κ3) is 19.7. The summed E-state index contributed by atoms with van der Waals surface area (Å²) < 4.78 is 0. The third-order valence-corrected chi connectivity index (χ3v) is 2.81. The van der Waals surface area contributed by atoms with Crippen molar-refractivity contribution in [3.63, 3.8) is 0 Å². The first-order valence-electron chi connectivity index (χ1n) is 7.50. The van der Waals surface area contributed by atoms with Crippen LogP contribution in [-0.2, 0) is 4.79 Å². The molecule has 0 aliphatic carbocycles. The van der Waals surface area contributed by atoms with Crippen molar-refractivity contribution < 1.29 is 9.90 Å². The molecule has 114 valence electrons. The molecule has 0 fully saturated rings. The lowest BCUT2D eigenvalue weighted by Crippen LogP contribution is -2.12. The summed E-state index contributed by atoms with van der Waals surface area (Å²) >= 11 is 0. The first-order chi connectivity index (χ1) is 8.95. The van der Waals surface area contributed by atoms with Crippen molar-refractivity contribution in [1.82, 2.24) is 4.90 Å². The number of allylic oxidation sites excluding steroid dienone is 1. The highest BCUT2D eigenvalue weighted by atomic mass is 16.4. The van der Waals surface area contributed by atoms with E-state index in [0.717, 1.165) is 6.42 Å². The molecule has 0 amide bonds. The molecule has 1 N–H and O–H groups in total. The first-order valence-corrected chi connectivity index (χ1v) is 7.50. The SMILES string of the molecule is CCC=C(C)C(=O)O.CCCCCCCCN(C)C. The monoisotopic (exact) mass is 271 g/mol. The quantitative estimate of drug-likeness (QED) is 0.501. The Morgan fingerprint density at radius 1 is 1.05 bits per heavy atom. The summed E-state index contributed by atoms with van der Waals surface area (Å²) in [5.41, 5.74) is 0.424. The highest BCUT2D eigenvalue weighted by molar-refractivity contribution is 5.85. The Morgan fingerprint density at radius 3 is 1.95 bits per heavy atom. The zero-order valence-electron chi connectivity index (χ0n) is 13.5. The van der Waals surface area contributed by atoms with E-state index in [1.807, 2.05) is 6.92 Å². The molecular formula is C16H33NO2. The van der Waals surface area contributed by atoms with E-state index in [-0.39, 0.29) is 0 Å². The smallest absolute Gasteiger partial charge is 0.330 e. The molecule has 3 nitrogen and oxygen atoms in total. The van der Waals surface area contributed by atoms with E-state index in [1.165, 1.54) is 45.1 Å². The van der Waals surface area contributed by atoms with Crippen molar-refractivity contribution in [3.05, 3.63) is 11.6 Å². The molecule has 0 saturated carbocycles. The molecule has 0 aliphatic heterocycles. The van der Waals surface area contributed by atoms with E-state index >= 15 is 0 Å². The van der Waals surface area contributed by atoms with Gasteiger partial charge in [0.15, 0.2) is 0 Å². The largest absolute Gasteiger partial charge is 0.478 e. The van der Waals surface area contributed by atoms with Gasteiger partial charge in [0.2, 0.25) is 0 Å². The molecule has 0 aromatic heterocycles. The number of rotatable bonds is 9. The van der Waals surface area contributed by atoms with Crippen molar-refractivity contribution in [2.24, 2.45) is 0 Å². The molecule has 0 saturated heterocycles. The first kappa shape index (κ1) is 20.5. The van der Waals surface area contributed by atoms with Crippen LogP contribution in [-0.4, -0.2) is 36.6 Å². The minimum atomic E-state index is -0.827.